The van der Waals surface area contributed by atoms with Crippen molar-refractivity contribution in [3.05, 3.63) is 28.8 Å². The zero-order valence-electron chi connectivity index (χ0n) is 9.60. The molecular weight excluding hydrogens is 236 g/mol. The minimum Gasteiger partial charge on any atom is -0.469 e. The lowest BCUT2D eigenvalue weighted by Crippen LogP contribution is -2.00. The summed E-state index contributed by atoms with van der Waals surface area (Å²) in [5, 5.41) is 3.10. The van der Waals surface area contributed by atoms with Crippen LogP contribution in [0.3, 0.4) is 0 Å². The van der Waals surface area contributed by atoms with Crippen LogP contribution in [0.25, 0.3) is 11.3 Å². The number of H-pyrrole nitrogens is 1. The number of nitrogens with zero attached hydrogens (tertiary/aromatic N) is 1. The summed E-state index contributed by atoms with van der Waals surface area (Å²) in [6, 6.07) is 1.99. The van der Waals surface area contributed by atoms with Gasteiger partial charge >= 0.3 is 5.97 Å². The lowest BCUT2D eigenvalue weighted by atomic mass is 10.2. The highest BCUT2D eigenvalue weighted by molar-refractivity contribution is 7.09. The third-order valence-corrected chi connectivity index (χ3v) is 3.35. The van der Waals surface area contributed by atoms with E-state index >= 15 is 0 Å². The Kier molecular flexibility index (Phi) is 3.93. The summed E-state index contributed by atoms with van der Waals surface area (Å²) in [5.74, 6) is -0.160. The molecule has 17 heavy (non-hydrogen) atoms. The van der Waals surface area contributed by atoms with E-state index in [1.807, 2.05) is 23.8 Å². The Labute approximate surface area is 104 Å². The maximum absolute atomic E-state index is 11.0. The van der Waals surface area contributed by atoms with Crippen LogP contribution in [0, 0.1) is 0 Å². The summed E-state index contributed by atoms with van der Waals surface area (Å²) in [5.41, 5.74) is 2.09. The van der Waals surface area contributed by atoms with E-state index in [0.29, 0.717) is 6.42 Å². The number of aryl methyl sites for hydroxylation is 1. The summed E-state index contributed by atoms with van der Waals surface area (Å²) in [6.45, 7) is 0. The number of hydrogen-bond acceptors (Lipinski definition) is 4. The first-order valence-corrected chi connectivity index (χ1v) is 6.32. The fourth-order valence-corrected chi connectivity index (χ4v) is 2.38. The molecule has 0 amide bonds. The van der Waals surface area contributed by atoms with Gasteiger partial charge in [0.05, 0.1) is 17.8 Å². The summed E-state index contributed by atoms with van der Waals surface area (Å²) < 4.78 is 4.59. The van der Waals surface area contributed by atoms with Crippen LogP contribution in [0.2, 0.25) is 0 Å². The van der Waals surface area contributed by atoms with E-state index in [-0.39, 0.29) is 5.97 Å². The molecule has 0 aliphatic rings. The highest BCUT2D eigenvalue weighted by Crippen LogP contribution is 2.22. The molecule has 0 bridgehead atoms. The Hall–Kier alpha value is -1.62. The second-order valence-corrected chi connectivity index (χ2v) is 4.60. The van der Waals surface area contributed by atoms with Gasteiger partial charge in [0.15, 0.2) is 0 Å². The van der Waals surface area contributed by atoms with Crippen LogP contribution in [-0.2, 0) is 16.0 Å². The van der Waals surface area contributed by atoms with E-state index < -0.39 is 0 Å². The summed E-state index contributed by atoms with van der Waals surface area (Å²) in [7, 11) is 1.41. The first-order chi connectivity index (χ1) is 8.29. The Morgan fingerprint density at radius 3 is 3.18 bits per heavy atom. The number of ether oxygens (including phenoxy) is 1. The minimum atomic E-state index is -0.160. The molecule has 0 fully saturated rings. The molecule has 0 spiro atoms. The molecule has 2 aromatic rings. The Balaban J connectivity index is 1.89. The molecule has 0 saturated heterocycles. The van der Waals surface area contributed by atoms with Crippen molar-refractivity contribution >= 4 is 17.3 Å². The number of carbonyl (C=O) groups excluding carboxylic acids is 1. The molecule has 2 aromatic heterocycles. The highest BCUT2D eigenvalue weighted by Gasteiger charge is 2.06. The van der Waals surface area contributed by atoms with Crippen LogP contribution >= 0.6 is 11.3 Å². The quantitative estimate of drug-likeness (QED) is 0.830. The van der Waals surface area contributed by atoms with Crippen LogP contribution in [0.5, 0.6) is 0 Å². The topological polar surface area (TPSA) is 55.0 Å². The second-order valence-electron chi connectivity index (χ2n) is 3.66. The predicted octanol–water partition coefficient (Wildman–Crippen LogP) is 2.63. The number of esters is 1. The predicted molar refractivity (Wildman–Crippen MR) is 66.9 cm³/mol. The zero-order valence-corrected chi connectivity index (χ0v) is 10.4. The third-order valence-electron chi connectivity index (χ3n) is 2.44. The van der Waals surface area contributed by atoms with E-state index in [1.54, 1.807) is 11.3 Å². The van der Waals surface area contributed by atoms with Crippen LogP contribution in [0.15, 0.2) is 23.8 Å². The minimum absolute atomic E-state index is 0.160. The van der Waals surface area contributed by atoms with Gasteiger partial charge in [0.25, 0.3) is 0 Å². The lowest BCUT2D eigenvalue weighted by molar-refractivity contribution is -0.140. The van der Waals surface area contributed by atoms with Crippen molar-refractivity contribution in [3.63, 3.8) is 0 Å². The number of carbonyl (C=O) groups is 1. The van der Waals surface area contributed by atoms with Crippen molar-refractivity contribution in [1.82, 2.24) is 9.97 Å². The zero-order chi connectivity index (χ0) is 12.1. The maximum atomic E-state index is 11.0. The Bertz CT molecular complexity index is 476. The highest BCUT2D eigenvalue weighted by atomic mass is 32.1. The van der Waals surface area contributed by atoms with Crippen LogP contribution in [0.4, 0.5) is 0 Å². The van der Waals surface area contributed by atoms with Gasteiger partial charge in [-0.25, -0.2) is 4.98 Å². The van der Waals surface area contributed by atoms with E-state index in [1.165, 1.54) is 7.11 Å². The number of nitrogens with one attached hydrogen (secondary N) is 1. The number of aromatic nitrogens is 2. The van der Waals surface area contributed by atoms with Crippen molar-refractivity contribution in [3.8, 4) is 11.3 Å². The van der Waals surface area contributed by atoms with Crippen molar-refractivity contribution in [2.24, 2.45) is 0 Å². The number of thiazole rings is 1. The molecule has 2 heterocycles. The van der Waals surface area contributed by atoms with Gasteiger partial charge in [0.2, 0.25) is 0 Å². The molecule has 0 unspecified atom stereocenters. The van der Waals surface area contributed by atoms with Gasteiger partial charge in [-0.05, 0) is 18.9 Å². The molecule has 0 radical (unpaired) electrons. The first kappa shape index (κ1) is 11.9. The molecule has 0 aliphatic carbocycles. The molecule has 90 valence electrons. The normalized spacial score (nSPS) is 10.4. The summed E-state index contributed by atoms with van der Waals surface area (Å²) >= 11 is 1.63. The number of methoxy groups -OCH3 is 1. The van der Waals surface area contributed by atoms with E-state index in [9.17, 15) is 4.79 Å². The number of hydrogen-bond donors (Lipinski definition) is 1. The molecule has 1 N–H and O–H groups in total. The van der Waals surface area contributed by atoms with Crippen molar-refractivity contribution in [2.45, 2.75) is 19.3 Å². The van der Waals surface area contributed by atoms with Gasteiger partial charge in [-0.2, -0.15) is 0 Å². The van der Waals surface area contributed by atoms with Gasteiger partial charge in [0, 0.05) is 29.8 Å². The van der Waals surface area contributed by atoms with Gasteiger partial charge in [-0.15, -0.1) is 11.3 Å². The molecule has 0 saturated carbocycles. The molecular formula is C12H14N2O2S. The molecule has 0 aliphatic heterocycles. The average molecular weight is 250 g/mol. The van der Waals surface area contributed by atoms with Gasteiger partial charge in [0.1, 0.15) is 0 Å². The van der Waals surface area contributed by atoms with Crippen LogP contribution in [-0.4, -0.2) is 23.0 Å². The third kappa shape index (κ3) is 3.17. The Morgan fingerprint density at radius 2 is 2.47 bits per heavy atom. The largest absolute Gasteiger partial charge is 0.469 e. The molecule has 5 heteroatoms. The number of aromatic amines is 1. The van der Waals surface area contributed by atoms with Gasteiger partial charge in [-0.1, -0.05) is 0 Å². The smallest absolute Gasteiger partial charge is 0.305 e. The average Bonchev–Trinajstić information content (AvgIpc) is 2.98. The molecule has 0 aromatic carbocycles. The summed E-state index contributed by atoms with van der Waals surface area (Å²) in [6.07, 6.45) is 5.87. The van der Waals surface area contributed by atoms with E-state index in [2.05, 4.69) is 14.7 Å². The van der Waals surface area contributed by atoms with Gasteiger partial charge < -0.3 is 9.72 Å². The van der Waals surface area contributed by atoms with Crippen molar-refractivity contribution in [1.29, 1.82) is 0 Å². The van der Waals surface area contributed by atoms with Crippen molar-refractivity contribution < 1.29 is 9.53 Å². The standard InChI is InChI=1S/C12H14N2O2S/c1-16-12(15)4-2-3-11-14-10(8-17-11)9-5-6-13-7-9/h5-8,13H,2-4H2,1H3. The SMILES string of the molecule is COC(=O)CCCc1nc(-c2cc[nH]c2)cs1. The Morgan fingerprint density at radius 1 is 1.59 bits per heavy atom. The summed E-state index contributed by atoms with van der Waals surface area (Å²) in [4.78, 5) is 18.5. The first-order valence-electron chi connectivity index (χ1n) is 5.44. The van der Waals surface area contributed by atoms with E-state index in [0.717, 1.165) is 29.1 Å². The number of rotatable bonds is 5. The van der Waals surface area contributed by atoms with Crippen LogP contribution < -0.4 is 0 Å². The van der Waals surface area contributed by atoms with Gasteiger partial charge in [-0.3, -0.25) is 4.79 Å². The maximum Gasteiger partial charge on any atom is 0.305 e. The fourth-order valence-electron chi connectivity index (χ4n) is 1.53. The lowest BCUT2D eigenvalue weighted by Gasteiger charge is -1.96. The second kappa shape index (κ2) is 5.63. The molecule has 0 atom stereocenters. The molecule has 4 nitrogen and oxygen atoms in total. The molecule has 2 rings (SSSR count). The van der Waals surface area contributed by atoms with Crippen molar-refractivity contribution in [2.75, 3.05) is 7.11 Å². The van der Waals surface area contributed by atoms with E-state index in [4.69, 9.17) is 0 Å². The van der Waals surface area contributed by atoms with Crippen LogP contribution in [0.1, 0.15) is 17.8 Å². The fraction of sp³-hybridized carbons (Fsp3) is 0.333. The monoisotopic (exact) mass is 250 g/mol.